The highest BCUT2D eigenvalue weighted by Crippen LogP contribution is 2.27. The number of piperazine rings is 1. The minimum atomic E-state index is 0.0694. The summed E-state index contributed by atoms with van der Waals surface area (Å²) in [6.45, 7) is 3.33. The number of pyridine rings is 1. The Labute approximate surface area is 144 Å². The van der Waals surface area contributed by atoms with Crippen LogP contribution < -0.4 is 0 Å². The molecule has 0 spiro atoms. The van der Waals surface area contributed by atoms with Crippen LogP contribution in [0.2, 0.25) is 0 Å². The molecule has 4 heterocycles. The van der Waals surface area contributed by atoms with Crippen LogP contribution in [0.3, 0.4) is 0 Å². The lowest BCUT2D eigenvalue weighted by Crippen LogP contribution is -2.47. The molecule has 0 atom stereocenters. The summed E-state index contributed by atoms with van der Waals surface area (Å²) in [5.74, 6) is 0.0694. The second-order valence-corrected chi connectivity index (χ2v) is 6.95. The topological polar surface area (TPSA) is 54.3 Å². The fourth-order valence-electron chi connectivity index (χ4n) is 3.03. The maximum atomic E-state index is 13.1. The van der Waals surface area contributed by atoms with Gasteiger partial charge in [-0.05, 0) is 24.6 Å². The zero-order valence-corrected chi connectivity index (χ0v) is 14.6. The molecular weight excluding hydrogens is 322 g/mol. The van der Waals surface area contributed by atoms with Gasteiger partial charge >= 0.3 is 0 Å². The summed E-state index contributed by atoms with van der Waals surface area (Å²) < 4.78 is 1.73. The first-order valence-corrected chi connectivity index (χ1v) is 8.91. The van der Waals surface area contributed by atoms with Crippen molar-refractivity contribution >= 4 is 28.3 Å². The number of rotatable bonds is 2. The minimum absolute atomic E-state index is 0.0694. The minimum Gasteiger partial charge on any atom is -0.336 e. The van der Waals surface area contributed by atoms with Crippen molar-refractivity contribution in [3.63, 3.8) is 0 Å². The highest BCUT2D eigenvalue weighted by Gasteiger charge is 2.24. The Morgan fingerprint density at radius 1 is 1.21 bits per heavy atom. The smallest absolute Gasteiger partial charge is 0.254 e. The number of carbonyl (C=O) groups is 1. The maximum Gasteiger partial charge on any atom is 0.254 e. The van der Waals surface area contributed by atoms with Gasteiger partial charge in [0.1, 0.15) is 0 Å². The van der Waals surface area contributed by atoms with Crippen molar-refractivity contribution < 1.29 is 4.79 Å². The average Bonchev–Trinajstić information content (AvgIpc) is 3.25. The molecule has 0 unspecified atom stereocenters. The van der Waals surface area contributed by atoms with E-state index in [0.717, 1.165) is 48.5 Å². The number of fused-ring (bicyclic) bond motifs is 1. The second kappa shape index (κ2) is 5.99. The van der Waals surface area contributed by atoms with Crippen molar-refractivity contribution in [2.24, 2.45) is 7.05 Å². The zero-order valence-electron chi connectivity index (χ0n) is 13.8. The molecule has 24 heavy (non-hydrogen) atoms. The molecule has 0 aromatic carbocycles. The van der Waals surface area contributed by atoms with Crippen LogP contribution in [0.1, 0.15) is 10.4 Å². The Bertz CT molecular complexity index is 878. The van der Waals surface area contributed by atoms with Crippen molar-refractivity contribution in [2.45, 2.75) is 0 Å². The lowest BCUT2D eigenvalue weighted by atomic mass is 10.1. The Hall–Kier alpha value is -2.25. The van der Waals surface area contributed by atoms with Gasteiger partial charge in [0.25, 0.3) is 5.91 Å². The third-order valence-corrected chi connectivity index (χ3v) is 5.23. The SMILES string of the molecule is CN1CCN(C(=O)c2cc(-c3ccsc3)nc3c2cnn3C)CC1. The molecule has 7 heteroatoms. The third-order valence-electron chi connectivity index (χ3n) is 4.54. The van der Waals surface area contributed by atoms with Crippen LogP contribution in [0.25, 0.3) is 22.3 Å². The number of hydrogen-bond acceptors (Lipinski definition) is 5. The summed E-state index contributed by atoms with van der Waals surface area (Å²) in [5, 5.41) is 9.19. The Morgan fingerprint density at radius 3 is 2.71 bits per heavy atom. The molecule has 1 saturated heterocycles. The van der Waals surface area contributed by atoms with Gasteiger partial charge in [-0.15, -0.1) is 0 Å². The monoisotopic (exact) mass is 341 g/mol. The van der Waals surface area contributed by atoms with Gasteiger partial charge in [0, 0.05) is 44.2 Å². The molecule has 0 radical (unpaired) electrons. The summed E-state index contributed by atoms with van der Waals surface area (Å²) >= 11 is 1.63. The predicted molar refractivity (Wildman–Crippen MR) is 95.2 cm³/mol. The predicted octanol–water partition coefficient (Wildman–Crippen LogP) is 2.08. The number of amides is 1. The van der Waals surface area contributed by atoms with E-state index < -0.39 is 0 Å². The number of likely N-dealkylation sites (N-methyl/N-ethyl adjacent to an activating group) is 1. The summed E-state index contributed by atoms with van der Waals surface area (Å²) in [6.07, 6.45) is 1.74. The molecule has 6 nitrogen and oxygen atoms in total. The van der Waals surface area contributed by atoms with Crippen LogP contribution in [0, 0.1) is 0 Å². The van der Waals surface area contributed by atoms with Crippen LogP contribution in [0.5, 0.6) is 0 Å². The summed E-state index contributed by atoms with van der Waals surface area (Å²) in [4.78, 5) is 22.0. The molecule has 0 bridgehead atoms. The van der Waals surface area contributed by atoms with Crippen molar-refractivity contribution in [1.29, 1.82) is 0 Å². The number of nitrogens with zero attached hydrogens (tertiary/aromatic N) is 5. The van der Waals surface area contributed by atoms with Gasteiger partial charge in [-0.25, -0.2) is 4.98 Å². The largest absolute Gasteiger partial charge is 0.336 e. The highest BCUT2D eigenvalue weighted by atomic mass is 32.1. The number of thiophene rings is 1. The van der Waals surface area contributed by atoms with Crippen molar-refractivity contribution in [3.8, 4) is 11.3 Å². The molecular formula is C17H19N5OS. The van der Waals surface area contributed by atoms with Gasteiger partial charge < -0.3 is 9.80 Å². The molecule has 0 N–H and O–H groups in total. The first kappa shape index (κ1) is 15.3. The van der Waals surface area contributed by atoms with Gasteiger partial charge in [0.05, 0.1) is 22.8 Å². The van der Waals surface area contributed by atoms with E-state index in [1.807, 2.05) is 29.5 Å². The number of aryl methyl sites for hydroxylation is 1. The Morgan fingerprint density at radius 2 is 2.00 bits per heavy atom. The van der Waals surface area contributed by atoms with Gasteiger partial charge in [0.15, 0.2) is 5.65 Å². The van der Waals surface area contributed by atoms with E-state index in [0.29, 0.717) is 5.56 Å². The van der Waals surface area contributed by atoms with Crippen LogP contribution in [0.15, 0.2) is 29.1 Å². The van der Waals surface area contributed by atoms with Gasteiger partial charge in [-0.1, -0.05) is 0 Å². The van der Waals surface area contributed by atoms with Crippen molar-refractivity contribution in [3.05, 3.63) is 34.7 Å². The number of hydrogen-bond donors (Lipinski definition) is 0. The Kier molecular flexibility index (Phi) is 3.82. The van der Waals surface area contributed by atoms with E-state index in [1.165, 1.54) is 0 Å². The van der Waals surface area contributed by atoms with Gasteiger partial charge in [-0.2, -0.15) is 16.4 Å². The summed E-state index contributed by atoms with van der Waals surface area (Å²) in [5.41, 5.74) is 3.30. The van der Waals surface area contributed by atoms with Crippen molar-refractivity contribution in [1.82, 2.24) is 24.6 Å². The lowest BCUT2D eigenvalue weighted by Gasteiger charge is -2.32. The van der Waals surface area contributed by atoms with Crippen LogP contribution in [-0.4, -0.2) is 63.7 Å². The lowest BCUT2D eigenvalue weighted by molar-refractivity contribution is 0.0666. The molecule has 0 aliphatic carbocycles. The fourth-order valence-corrected chi connectivity index (χ4v) is 3.68. The quantitative estimate of drug-likeness (QED) is 0.716. The van der Waals surface area contributed by atoms with E-state index in [4.69, 9.17) is 4.98 Å². The van der Waals surface area contributed by atoms with E-state index in [9.17, 15) is 4.79 Å². The van der Waals surface area contributed by atoms with E-state index in [1.54, 1.807) is 22.2 Å². The summed E-state index contributed by atoms with van der Waals surface area (Å²) in [6, 6.07) is 3.94. The number of aromatic nitrogens is 3. The van der Waals surface area contributed by atoms with Gasteiger partial charge in [-0.3, -0.25) is 9.48 Å². The molecule has 124 valence electrons. The van der Waals surface area contributed by atoms with Crippen molar-refractivity contribution in [2.75, 3.05) is 33.2 Å². The average molecular weight is 341 g/mol. The van der Waals surface area contributed by atoms with Crippen LogP contribution in [-0.2, 0) is 7.05 Å². The molecule has 1 aliphatic heterocycles. The van der Waals surface area contributed by atoms with Crippen LogP contribution in [0.4, 0.5) is 0 Å². The Balaban J connectivity index is 1.80. The molecule has 3 aromatic rings. The van der Waals surface area contributed by atoms with E-state index in [2.05, 4.69) is 22.4 Å². The second-order valence-electron chi connectivity index (χ2n) is 6.17. The molecule has 4 rings (SSSR count). The van der Waals surface area contributed by atoms with E-state index >= 15 is 0 Å². The molecule has 1 amide bonds. The molecule has 1 aliphatic rings. The fraction of sp³-hybridized carbons (Fsp3) is 0.353. The first-order chi connectivity index (χ1) is 11.6. The first-order valence-electron chi connectivity index (χ1n) is 7.96. The van der Waals surface area contributed by atoms with Crippen LogP contribution >= 0.6 is 11.3 Å². The standard InChI is InChI=1S/C17H19N5OS/c1-20-4-6-22(7-5-20)17(23)13-9-15(12-3-8-24-11-12)19-16-14(13)10-18-21(16)2/h3,8-11H,4-7H2,1-2H3. The molecule has 0 saturated carbocycles. The third kappa shape index (κ3) is 2.59. The molecule has 3 aromatic heterocycles. The normalized spacial score (nSPS) is 16.0. The van der Waals surface area contributed by atoms with E-state index in [-0.39, 0.29) is 5.91 Å². The number of carbonyl (C=O) groups excluding carboxylic acids is 1. The zero-order chi connectivity index (χ0) is 16.7. The van der Waals surface area contributed by atoms with Gasteiger partial charge in [0.2, 0.25) is 0 Å². The molecule has 1 fully saturated rings. The maximum absolute atomic E-state index is 13.1. The highest BCUT2D eigenvalue weighted by molar-refractivity contribution is 7.08. The summed E-state index contributed by atoms with van der Waals surface area (Å²) in [7, 11) is 3.94.